The third kappa shape index (κ3) is 3.44. The SMILES string of the molecule is C=CC1=CC(=O)[C@@](C)(CC2=C(C)CCCC2[Si](C)(C)c2ccccc2)C1. The summed E-state index contributed by atoms with van der Waals surface area (Å²) in [4.78, 5) is 12.7. The van der Waals surface area contributed by atoms with E-state index in [9.17, 15) is 4.79 Å². The van der Waals surface area contributed by atoms with E-state index in [1.165, 1.54) is 24.4 Å². The Kier molecular flexibility index (Phi) is 5.25. The standard InChI is InChI=1S/C24H32OSi/c1-6-19-15-23(25)24(3,16-19)17-21-18(2)11-10-14-22(21)26(4,5)20-12-8-7-9-13-20/h6-9,12-13,15,22H,1,10-11,14,16-17H2,2-5H3/t22?,24-/m1/s1. The van der Waals surface area contributed by atoms with Gasteiger partial charge in [-0.1, -0.05) is 79.3 Å². The first-order valence-electron chi connectivity index (χ1n) is 9.89. The van der Waals surface area contributed by atoms with Crippen LogP contribution in [0.1, 0.15) is 46.0 Å². The van der Waals surface area contributed by atoms with Crippen LogP contribution in [0.2, 0.25) is 18.6 Å². The highest BCUT2D eigenvalue weighted by Gasteiger charge is 2.43. The smallest absolute Gasteiger partial charge is 0.162 e. The second kappa shape index (κ2) is 7.15. The molecular weight excluding hydrogens is 332 g/mol. The van der Waals surface area contributed by atoms with Crippen molar-refractivity contribution < 1.29 is 4.79 Å². The molecule has 1 unspecified atom stereocenters. The van der Waals surface area contributed by atoms with Gasteiger partial charge in [0, 0.05) is 5.41 Å². The molecule has 1 aromatic rings. The van der Waals surface area contributed by atoms with Crippen LogP contribution >= 0.6 is 0 Å². The molecule has 0 saturated carbocycles. The Bertz CT molecular complexity index is 769. The minimum atomic E-state index is -1.64. The number of hydrogen-bond acceptors (Lipinski definition) is 1. The molecule has 0 heterocycles. The molecule has 0 saturated heterocycles. The molecule has 0 aliphatic heterocycles. The Morgan fingerprint density at radius 2 is 1.96 bits per heavy atom. The molecule has 3 rings (SSSR count). The van der Waals surface area contributed by atoms with Crippen LogP contribution in [-0.2, 0) is 4.79 Å². The van der Waals surface area contributed by atoms with Crippen LogP contribution in [0.25, 0.3) is 0 Å². The molecule has 2 aliphatic carbocycles. The monoisotopic (exact) mass is 364 g/mol. The molecular formula is C24H32OSi. The summed E-state index contributed by atoms with van der Waals surface area (Å²) in [6, 6.07) is 11.1. The number of hydrogen-bond donors (Lipinski definition) is 0. The van der Waals surface area contributed by atoms with E-state index in [2.05, 4.69) is 63.9 Å². The van der Waals surface area contributed by atoms with Gasteiger partial charge in [0.2, 0.25) is 0 Å². The summed E-state index contributed by atoms with van der Waals surface area (Å²) in [7, 11) is -1.64. The minimum absolute atomic E-state index is 0.281. The normalized spacial score (nSPS) is 26.8. The van der Waals surface area contributed by atoms with Crippen LogP contribution in [0.5, 0.6) is 0 Å². The first-order valence-corrected chi connectivity index (χ1v) is 13.0. The van der Waals surface area contributed by atoms with E-state index >= 15 is 0 Å². The Morgan fingerprint density at radius 1 is 1.27 bits per heavy atom. The largest absolute Gasteiger partial charge is 0.294 e. The maximum atomic E-state index is 12.7. The molecule has 0 fully saturated rings. The van der Waals surface area contributed by atoms with Crippen LogP contribution in [0.3, 0.4) is 0 Å². The van der Waals surface area contributed by atoms with Crippen molar-refractivity contribution >= 4 is 19.0 Å². The van der Waals surface area contributed by atoms with Gasteiger partial charge in [-0.05, 0) is 56.2 Å². The summed E-state index contributed by atoms with van der Waals surface area (Å²) in [5.74, 6) is 0.288. The van der Waals surface area contributed by atoms with Crippen molar-refractivity contribution in [1.29, 1.82) is 0 Å². The third-order valence-electron chi connectivity index (χ3n) is 6.75. The average Bonchev–Trinajstić information content (AvgIpc) is 2.91. The molecule has 0 radical (unpaired) electrons. The summed E-state index contributed by atoms with van der Waals surface area (Å²) < 4.78 is 0. The van der Waals surface area contributed by atoms with Gasteiger partial charge in [0.05, 0.1) is 8.07 Å². The highest BCUT2D eigenvalue weighted by molar-refractivity contribution is 6.91. The van der Waals surface area contributed by atoms with Gasteiger partial charge < -0.3 is 0 Å². The maximum absolute atomic E-state index is 12.7. The van der Waals surface area contributed by atoms with Crippen molar-refractivity contribution in [3.05, 3.63) is 65.8 Å². The van der Waals surface area contributed by atoms with Gasteiger partial charge in [0.15, 0.2) is 5.78 Å². The molecule has 0 aromatic heterocycles. The number of allylic oxidation sites excluding steroid dienone is 5. The zero-order valence-electron chi connectivity index (χ0n) is 16.8. The highest BCUT2D eigenvalue weighted by atomic mass is 28.3. The van der Waals surface area contributed by atoms with E-state index in [-0.39, 0.29) is 11.2 Å². The van der Waals surface area contributed by atoms with Crippen LogP contribution < -0.4 is 5.19 Å². The summed E-state index contributed by atoms with van der Waals surface area (Å²) in [5, 5.41) is 1.53. The lowest BCUT2D eigenvalue weighted by atomic mass is 9.75. The Balaban J connectivity index is 1.94. The molecule has 2 aliphatic rings. The van der Waals surface area contributed by atoms with Crippen LogP contribution in [0, 0.1) is 5.41 Å². The first kappa shape index (κ1) is 19.1. The molecule has 0 N–H and O–H groups in total. The number of benzene rings is 1. The van der Waals surface area contributed by atoms with Crippen molar-refractivity contribution in [2.45, 2.75) is 64.6 Å². The van der Waals surface area contributed by atoms with Crippen molar-refractivity contribution in [1.82, 2.24) is 0 Å². The summed E-state index contributed by atoms with van der Waals surface area (Å²) in [6.07, 6.45) is 9.17. The first-order chi connectivity index (χ1) is 12.3. The van der Waals surface area contributed by atoms with E-state index in [1.807, 2.05) is 12.2 Å². The lowest BCUT2D eigenvalue weighted by molar-refractivity contribution is -0.121. The lowest BCUT2D eigenvalue weighted by Crippen LogP contribution is -2.48. The van der Waals surface area contributed by atoms with Gasteiger partial charge >= 0.3 is 0 Å². The zero-order valence-corrected chi connectivity index (χ0v) is 17.8. The Morgan fingerprint density at radius 3 is 2.58 bits per heavy atom. The highest BCUT2D eigenvalue weighted by Crippen LogP contribution is 2.49. The second-order valence-corrected chi connectivity index (χ2v) is 13.8. The third-order valence-corrected chi connectivity index (χ3v) is 11.0. The van der Waals surface area contributed by atoms with E-state index in [0.29, 0.717) is 5.54 Å². The minimum Gasteiger partial charge on any atom is -0.294 e. The van der Waals surface area contributed by atoms with Gasteiger partial charge in [-0.25, -0.2) is 0 Å². The predicted octanol–water partition coefficient (Wildman–Crippen LogP) is 5.95. The van der Waals surface area contributed by atoms with E-state index in [1.54, 1.807) is 11.1 Å². The van der Waals surface area contributed by atoms with E-state index < -0.39 is 8.07 Å². The van der Waals surface area contributed by atoms with Gasteiger partial charge in [0.1, 0.15) is 0 Å². The van der Waals surface area contributed by atoms with Crippen molar-refractivity contribution in [3.8, 4) is 0 Å². The second-order valence-electron chi connectivity index (χ2n) is 9.04. The Labute approximate surface area is 159 Å². The lowest BCUT2D eigenvalue weighted by Gasteiger charge is -2.41. The fourth-order valence-electron chi connectivity index (χ4n) is 4.98. The van der Waals surface area contributed by atoms with Gasteiger partial charge in [0.25, 0.3) is 0 Å². The molecule has 2 atom stereocenters. The molecule has 1 nitrogen and oxygen atoms in total. The van der Waals surface area contributed by atoms with Gasteiger partial charge in [-0.2, -0.15) is 0 Å². The van der Waals surface area contributed by atoms with Crippen LogP contribution in [0.15, 0.2) is 65.8 Å². The summed E-state index contributed by atoms with van der Waals surface area (Å²) >= 11 is 0. The van der Waals surface area contributed by atoms with Crippen LogP contribution in [-0.4, -0.2) is 13.9 Å². The quantitative estimate of drug-likeness (QED) is 0.466. The van der Waals surface area contributed by atoms with Crippen LogP contribution in [0.4, 0.5) is 0 Å². The average molecular weight is 365 g/mol. The van der Waals surface area contributed by atoms with E-state index in [0.717, 1.165) is 18.4 Å². The maximum Gasteiger partial charge on any atom is 0.162 e. The fraction of sp³-hybridized carbons (Fsp3) is 0.458. The molecule has 0 spiro atoms. The van der Waals surface area contributed by atoms with Crippen molar-refractivity contribution in [2.75, 3.05) is 0 Å². The molecule has 26 heavy (non-hydrogen) atoms. The van der Waals surface area contributed by atoms with Crippen molar-refractivity contribution in [2.24, 2.45) is 5.41 Å². The Hall–Kier alpha value is -1.67. The van der Waals surface area contributed by atoms with Gasteiger partial charge in [-0.3, -0.25) is 4.79 Å². The molecule has 2 heteroatoms. The zero-order chi connectivity index (χ0) is 18.9. The fourth-order valence-corrected chi connectivity index (χ4v) is 8.57. The number of carbonyl (C=O) groups excluding carboxylic acids is 1. The summed E-state index contributed by atoms with van der Waals surface area (Å²) in [6.45, 7) is 13.4. The van der Waals surface area contributed by atoms with E-state index in [4.69, 9.17) is 0 Å². The number of rotatable bonds is 5. The predicted molar refractivity (Wildman–Crippen MR) is 114 cm³/mol. The number of ketones is 1. The van der Waals surface area contributed by atoms with Gasteiger partial charge in [-0.15, -0.1) is 0 Å². The summed E-state index contributed by atoms with van der Waals surface area (Å²) in [5.41, 5.74) is 4.58. The molecule has 138 valence electrons. The molecule has 0 amide bonds. The molecule has 0 bridgehead atoms. The molecule has 1 aromatic carbocycles. The van der Waals surface area contributed by atoms with Crippen molar-refractivity contribution in [3.63, 3.8) is 0 Å². The number of carbonyl (C=O) groups is 1. The topological polar surface area (TPSA) is 17.1 Å².